The lowest BCUT2D eigenvalue weighted by atomic mass is 10.1. The number of amides is 1. The van der Waals surface area contributed by atoms with Gasteiger partial charge in [0.25, 0.3) is 5.91 Å². The lowest BCUT2D eigenvalue weighted by Gasteiger charge is -2.30. The van der Waals surface area contributed by atoms with Gasteiger partial charge in [-0.2, -0.15) is 0 Å². The Hall–Kier alpha value is -0.630. The van der Waals surface area contributed by atoms with E-state index in [2.05, 4.69) is 21.2 Å². The van der Waals surface area contributed by atoms with Gasteiger partial charge < -0.3 is 5.32 Å². The quantitative estimate of drug-likeness (QED) is 0.853. The Morgan fingerprint density at radius 3 is 2.52 bits per heavy atom. The highest BCUT2D eigenvalue weighted by molar-refractivity contribution is 9.10. The summed E-state index contributed by atoms with van der Waals surface area (Å²) in [6.07, 6.45) is 2.44. The Bertz CT molecular complexity index is 643. The van der Waals surface area contributed by atoms with Gasteiger partial charge in [-0.3, -0.25) is 4.79 Å². The van der Waals surface area contributed by atoms with Crippen LogP contribution in [0.15, 0.2) is 22.7 Å². The van der Waals surface area contributed by atoms with Crippen LogP contribution in [0.3, 0.4) is 0 Å². The Labute approximate surface area is 137 Å². The summed E-state index contributed by atoms with van der Waals surface area (Å²) in [5, 5.41) is 3.49. The first-order valence-electron chi connectivity index (χ1n) is 6.48. The van der Waals surface area contributed by atoms with Crippen molar-refractivity contribution in [2.24, 2.45) is 0 Å². The molecule has 21 heavy (non-hydrogen) atoms. The molecule has 0 atom stereocenters. The molecule has 0 saturated carbocycles. The maximum atomic E-state index is 12.2. The maximum Gasteiger partial charge on any atom is 0.252 e. The first kappa shape index (κ1) is 16.7. The van der Waals surface area contributed by atoms with Crippen molar-refractivity contribution in [2.75, 3.05) is 19.3 Å². The number of carbonyl (C=O) groups is 1. The second-order valence-corrected chi connectivity index (χ2v) is 8.31. The number of hydrogen-bond acceptors (Lipinski definition) is 3. The van der Waals surface area contributed by atoms with Gasteiger partial charge in [0, 0.05) is 28.6 Å². The normalized spacial score (nSPS) is 17.7. The molecule has 1 aliphatic rings. The molecule has 1 N–H and O–H groups in total. The van der Waals surface area contributed by atoms with E-state index in [4.69, 9.17) is 11.6 Å². The van der Waals surface area contributed by atoms with Crippen molar-refractivity contribution in [1.29, 1.82) is 0 Å². The molecule has 1 aliphatic heterocycles. The van der Waals surface area contributed by atoms with Crippen LogP contribution in [-0.2, 0) is 10.0 Å². The third-order valence-electron chi connectivity index (χ3n) is 3.43. The number of nitrogens with zero attached hydrogens (tertiary/aromatic N) is 1. The van der Waals surface area contributed by atoms with Gasteiger partial charge >= 0.3 is 0 Å². The van der Waals surface area contributed by atoms with E-state index in [1.165, 1.54) is 10.6 Å². The van der Waals surface area contributed by atoms with Crippen molar-refractivity contribution in [3.05, 3.63) is 33.3 Å². The van der Waals surface area contributed by atoms with Crippen molar-refractivity contribution in [1.82, 2.24) is 9.62 Å². The van der Waals surface area contributed by atoms with Gasteiger partial charge in [-0.25, -0.2) is 12.7 Å². The average molecular weight is 396 g/mol. The van der Waals surface area contributed by atoms with Crippen molar-refractivity contribution >= 4 is 43.5 Å². The van der Waals surface area contributed by atoms with Crippen LogP contribution in [0.2, 0.25) is 5.02 Å². The molecule has 1 aromatic rings. The molecule has 0 radical (unpaired) electrons. The summed E-state index contributed by atoms with van der Waals surface area (Å²) in [5.74, 6) is -0.184. The minimum absolute atomic E-state index is 0.0157. The fourth-order valence-electron chi connectivity index (χ4n) is 2.27. The first-order valence-corrected chi connectivity index (χ1v) is 9.50. The molecule has 0 aliphatic carbocycles. The molecule has 0 spiro atoms. The summed E-state index contributed by atoms with van der Waals surface area (Å²) >= 11 is 9.16. The minimum atomic E-state index is -3.14. The molecule has 2 rings (SSSR count). The second kappa shape index (κ2) is 6.64. The van der Waals surface area contributed by atoms with Crippen LogP contribution in [0.5, 0.6) is 0 Å². The van der Waals surface area contributed by atoms with E-state index < -0.39 is 10.0 Å². The summed E-state index contributed by atoms with van der Waals surface area (Å²) in [4.78, 5) is 12.2. The molecule has 0 aromatic heterocycles. The van der Waals surface area contributed by atoms with Gasteiger partial charge in [-0.05, 0) is 47.0 Å². The fourth-order valence-corrected chi connectivity index (χ4v) is 4.01. The number of halogens is 2. The molecule has 1 saturated heterocycles. The van der Waals surface area contributed by atoms with Crippen LogP contribution >= 0.6 is 27.5 Å². The Kier molecular flexibility index (Phi) is 5.29. The minimum Gasteiger partial charge on any atom is -0.349 e. The zero-order valence-corrected chi connectivity index (χ0v) is 14.6. The van der Waals surface area contributed by atoms with Gasteiger partial charge in [-0.1, -0.05) is 11.6 Å². The van der Waals surface area contributed by atoms with Crippen molar-refractivity contribution in [3.8, 4) is 0 Å². The highest BCUT2D eigenvalue weighted by Crippen LogP contribution is 2.22. The highest BCUT2D eigenvalue weighted by Gasteiger charge is 2.26. The number of nitrogens with one attached hydrogen (secondary N) is 1. The van der Waals surface area contributed by atoms with E-state index in [0.717, 1.165) is 0 Å². The fraction of sp³-hybridized carbons (Fsp3) is 0.462. The number of rotatable bonds is 3. The molecule has 8 heteroatoms. The Morgan fingerprint density at radius 1 is 1.38 bits per heavy atom. The van der Waals surface area contributed by atoms with E-state index in [-0.39, 0.29) is 11.9 Å². The summed E-state index contributed by atoms with van der Waals surface area (Å²) in [7, 11) is -3.14. The zero-order chi connectivity index (χ0) is 15.6. The summed E-state index contributed by atoms with van der Waals surface area (Å²) < 4.78 is 24.9. The predicted octanol–water partition coefficient (Wildman–Crippen LogP) is 2.26. The molecule has 116 valence electrons. The van der Waals surface area contributed by atoms with Crippen molar-refractivity contribution < 1.29 is 13.2 Å². The third-order valence-corrected chi connectivity index (χ3v) is 5.63. The third kappa shape index (κ3) is 4.42. The van der Waals surface area contributed by atoms with Crippen molar-refractivity contribution in [3.63, 3.8) is 0 Å². The number of piperidine rings is 1. The van der Waals surface area contributed by atoms with Gasteiger partial charge in [0.2, 0.25) is 10.0 Å². The van der Waals surface area contributed by atoms with E-state index >= 15 is 0 Å². The lowest BCUT2D eigenvalue weighted by molar-refractivity contribution is 0.0923. The molecule has 0 bridgehead atoms. The van der Waals surface area contributed by atoms with Crippen LogP contribution in [0, 0.1) is 0 Å². The van der Waals surface area contributed by atoms with E-state index in [1.54, 1.807) is 18.2 Å². The Balaban J connectivity index is 1.96. The molecule has 0 unspecified atom stereocenters. The SMILES string of the molecule is CS(=O)(=O)N1CCC(NC(=O)c2ccc(Cl)cc2Br)CC1. The maximum absolute atomic E-state index is 12.2. The molecule has 1 amide bonds. The number of benzene rings is 1. The average Bonchev–Trinajstić information content (AvgIpc) is 2.38. The van der Waals surface area contributed by atoms with Crippen LogP contribution in [0.1, 0.15) is 23.2 Å². The Morgan fingerprint density at radius 2 is 2.00 bits per heavy atom. The molecule has 1 fully saturated rings. The van der Waals surface area contributed by atoms with Crippen molar-refractivity contribution in [2.45, 2.75) is 18.9 Å². The summed E-state index contributed by atoms with van der Waals surface area (Å²) in [5.41, 5.74) is 0.518. The second-order valence-electron chi connectivity index (χ2n) is 5.03. The summed E-state index contributed by atoms with van der Waals surface area (Å²) in [6.45, 7) is 0.872. The largest absolute Gasteiger partial charge is 0.349 e. The predicted molar refractivity (Wildman–Crippen MR) is 86.1 cm³/mol. The van der Waals surface area contributed by atoms with Gasteiger partial charge in [-0.15, -0.1) is 0 Å². The standard InChI is InChI=1S/C13H16BrClN2O3S/c1-21(19,20)17-6-4-10(5-7-17)16-13(18)11-3-2-9(15)8-12(11)14/h2-3,8,10H,4-7H2,1H3,(H,16,18). The monoisotopic (exact) mass is 394 g/mol. The van der Waals surface area contributed by atoms with Gasteiger partial charge in [0.05, 0.1) is 11.8 Å². The highest BCUT2D eigenvalue weighted by atomic mass is 79.9. The molecule has 1 heterocycles. The van der Waals surface area contributed by atoms with Crippen LogP contribution in [-0.4, -0.2) is 44.0 Å². The van der Waals surface area contributed by atoms with Gasteiger partial charge in [0.15, 0.2) is 0 Å². The van der Waals surface area contributed by atoms with Crippen LogP contribution in [0.25, 0.3) is 0 Å². The molecular weight excluding hydrogens is 380 g/mol. The van der Waals surface area contributed by atoms with E-state index in [0.29, 0.717) is 41.0 Å². The van der Waals surface area contributed by atoms with Gasteiger partial charge in [0.1, 0.15) is 0 Å². The zero-order valence-electron chi connectivity index (χ0n) is 11.5. The summed E-state index contributed by atoms with van der Waals surface area (Å²) in [6, 6.07) is 4.97. The lowest BCUT2D eigenvalue weighted by Crippen LogP contribution is -2.46. The number of sulfonamides is 1. The molecular formula is C13H16BrClN2O3S. The van der Waals surface area contributed by atoms with Crippen LogP contribution in [0.4, 0.5) is 0 Å². The molecule has 5 nitrogen and oxygen atoms in total. The number of carbonyl (C=O) groups excluding carboxylic acids is 1. The smallest absolute Gasteiger partial charge is 0.252 e. The topological polar surface area (TPSA) is 66.5 Å². The molecule has 1 aromatic carbocycles. The first-order chi connectivity index (χ1) is 9.77. The van der Waals surface area contributed by atoms with Crippen LogP contribution < -0.4 is 5.32 Å². The van der Waals surface area contributed by atoms with E-state index in [1.807, 2.05) is 0 Å². The number of hydrogen-bond donors (Lipinski definition) is 1. The van der Waals surface area contributed by atoms with E-state index in [9.17, 15) is 13.2 Å².